The van der Waals surface area contributed by atoms with E-state index in [2.05, 4.69) is 39.0 Å². The van der Waals surface area contributed by atoms with Gasteiger partial charge in [-0.3, -0.25) is 4.90 Å². The predicted octanol–water partition coefficient (Wildman–Crippen LogP) is 3.02. The number of hydrogen-bond acceptors (Lipinski definition) is 6. The number of aromatic nitrogens is 1. The highest BCUT2D eigenvalue weighted by Crippen LogP contribution is 2.21. The van der Waals surface area contributed by atoms with Crippen molar-refractivity contribution in [1.82, 2.24) is 14.8 Å². The summed E-state index contributed by atoms with van der Waals surface area (Å²) < 4.78 is 5.42. The average molecular weight is 390 g/mol. The number of nitrogens with two attached hydrogens (primary N) is 1. The Balaban J connectivity index is 1.28. The Morgan fingerprint density at radius 2 is 1.83 bits per heavy atom. The number of nitrogens with zero attached hydrogens (tertiary/aromatic N) is 3. The summed E-state index contributed by atoms with van der Waals surface area (Å²) in [4.78, 5) is 20.5. The van der Waals surface area contributed by atoms with Crippen LogP contribution in [0, 0.1) is 0 Å². The first kappa shape index (κ1) is 19.4. The molecule has 29 heavy (non-hydrogen) atoms. The highest BCUT2D eigenvalue weighted by atomic mass is 16.3. The van der Waals surface area contributed by atoms with Crippen molar-refractivity contribution in [2.45, 2.75) is 12.5 Å². The van der Waals surface area contributed by atoms with Gasteiger partial charge in [0.15, 0.2) is 0 Å². The topological polar surface area (TPSA) is 75.6 Å². The van der Waals surface area contributed by atoms with E-state index in [9.17, 15) is 4.79 Å². The minimum absolute atomic E-state index is 0.277. The smallest absolute Gasteiger partial charge is 0.144 e. The van der Waals surface area contributed by atoms with Crippen molar-refractivity contribution in [1.29, 1.82) is 0 Å². The lowest BCUT2D eigenvalue weighted by atomic mass is 10.1. The third-order valence-corrected chi connectivity index (χ3v) is 5.50. The summed E-state index contributed by atoms with van der Waals surface area (Å²) in [6, 6.07) is 17.6. The van der Waals surface area contributed by atoms with Gasteiger partial charge in [-0.05, 0) is 36.2 Å². The molecule has 2 N–H and O–H groups in total. The number of carbonyl (C=O) groups is 1. The normalized spacial score (nSPS) is 16.6. The first-order valence-corrected chi connectivity index (χ1v) is 10.00. The third-order valence-electron chi connectivity index (χ3n) is 5.50. The summed E-state index contributed by atoms with van der Waals surface area (Å²) >= 11 is 0. The van der Waals surface area contributed by atoms with Gasteiger partial charge in [0.25, 0.3) is 0 Å². The molecule has 0 amide bonds. The highest BCUT2D eigenvalue weighted by Gasteiger charge is 2.26. The van der Waals surface area contributed by atoms with E-state index >= 15 is 0 Å². The zero-order chi connectivity index (χ0) is 20.1. The summed E-state index contributed by atoms with van der Waals surface area (Å²) in [6.45, 7) is 4.65. The molecular weight excluding hydrogens is 364 g/mol. The van der Waals surface area contributed by atoms with Gasteiger partial charge in [-0.15, -0.1) is 0 Å². The Bertz CT molecular complexity index is 916. The van der Waals surface area contributed by atoms with Crippen molar-refractivity contribution in [3.63, 3.8) is 0 Å². The summed E-state index contributed by atoms with van der Waals surface area (Å²) in [7, 11) is 0. The van der Waals surface area contributed by atoms with Crippen molar-refractivity contribution in [2.75, 3.05) is 38.5 Å². The Kier molecular flexibility index (Phi) is 6.03. The van der Waals surface area contributed by atoms with Crippen LogP contribution in [0.1, 0.15) is 17.4 Å². The van der Waals surface area contributed by atoms with E-state index in [1.165, 1.54) is 5.56 Å². The van der Waals surface area contributed by atoms with Crippen molar-refractivity contribution < 1.29 is 9.21 Å². The molecule has 0 saturated carbocycles. The standard InChI is InChI=1S/C23H26N4O2/c24-23-5-1-3-20(25-23)19-8-6-18(7-9-19)10-11-26-12-14-27(15-13-26)21(17-28)22-4-2-16-29-22/h1-9,16-17,21H,10-15H2,(H2,24,25). The summed E-state index contributed by atoms with van der Waals surface area (Å²) in [5.74, 6) is 1.26. The molecule has 6 nitrogen and oxygen atoms in total. The Labute approximate surface area is 170 Å². The minimum Gasteiger partial charge on any atom is -0.467 e. The zero-order valence-electron chi connectivity index (χ0n) is 16.4. The molecule has 150 valence electrons. The first-order valence-electron chi connectivity index (χ1n) is 10.00. The number of hydrogen-bond donors (Lipinski definition) is 1. The van der Waals surface area contributed by atoms with Gasteiger partial charge in [0, 0.05) is 38.3 Å². The van der Waals surface area contributed by atoms with Gasteiger partial charge in [-0.2, -0.15) is 0 Å². The molecule has 0 radical (unpaired) electrons. The molecule has 1 saturated heterocycles. The van der Waals surface area contributed by atoms with Gasteiger partial charge in [0.1, 0.15) is 23.9 Å². The van der Waals surface area contributed by atoms with Crippen LogP contribution in [-0.2, 0) is 11.2 Å². The van der Waals surface area contributed by atoms with E-state index in [1.807, 2.05) is 24.3 Å². The van der Waals surface area contributed by atoms with Gasteiger partial charge in [-0.25, -0.2) is 4.98 Å². The lowest BCUT2D eigenvalue weighted by Gasteiger charge is -2.36. The Morgan fingerprint density at radius 1 is 1.03 bits per heavy atom. The second kappa shape index (κ2) is 9.03. The zero-order valence-corrected chi connectivity index (χ0v) is 16.4. The van der Waals surface area contributed by atoms with E-state index in [-0.39, 0.29) is 6.04 Å². The number of rotatable bonds is 7. The molecule has 1 aliphatic heterocycles. The van der Waals surface area contributed by atoms with Gasteiger partial charge < -0.3 is 19.8 Å². The molecule has 6 heteroatoms. The number of nitrogen functional groups attached to an aromatic ring is 1. The number of benzene rings is 1. The number of carbonyl (C=O) groups excluding carboxylic acids is 1. The monoisotopic (exact) mass is 390 g/mol. The SMILES string of the molecule is Nc1cccc(-c2ccc(CCN3CCN(C(C=O)c4ccco4)CC3)cc2)n1. The van der Waals surface area contributed by atoms with Crippen molar-refractivity contribution >= 4 is 12.1 Å². The van der Waals surface area contributed by atoms with Crippen LogP contribution >= 0.6 is 0 Å². The predicted molar refractivity (Wildman–Crippen MR) is 113 cm³/mol. The van der Waals surface area contributed by atoms with Gasteiger partial charge in [0.2, 0.25) is 0 Å². The number of aldehydes is 1. The van der Waals surface area contributed by atoms with Crippen molar-refractivity contribution in [3.8, 4) is 11.3 Å². The molecule has 1 fully saturated rings. The second-order valence-corrected chi connectivity index (χ2v) is 7.37. The quantitative estimate of drug-likeness (QED) is 0.625. The van der Waals surface area contributed by atoms with Crippen LogP contribution in [0.15, 0.2) is 65.3 Å². The van der Waals surface area contributed by atoms with Crippen LogP contribution in [0.4, 0.5) is 5.82 Å². The van der Waals surface area contributed by atoms with Crippen LogP contribution in [0.5, 0.6) is 0 Å². The maximum Gasteiger partial charge on any atom is 0.144 e. The van der Waals surface area contributed by atoms with E-state index in [0.717, 1.165) is 62.4 Å². The number of pyridine rings is 1. The van der Waals surface area contributed by atoms with Crippen LogP contribution in [0.2, 0.25) is 0 Å². The largest absolute Gasteiger partial charge is 0.467 e. The number of furan rings is 1. The summed E-state index contributed by atoms with van der Waals surface area (Å²) in [5, 5.41) is 0. The fourth-order valence-electron chi connectivity index (χ4n) is 3.80. The van der Waals surface area contributed by atoms with Gasteiger partial charge in [-0.1, -0.05) is 30.3 Å². The molecule has 4 rings (SSSR count). The second-order valence-electron chi connectivity index (χ2n) is 7.37. The molecule has 2 aromatic heterocycles. The maximum atomic E-state index is 11.5. The van der Waals surface area contributed by atoms with E-state index in [1.54, 1.807) is 12.3 Å². The molecule has 3 aromatic rings. The van der Waals surface area contributed by atoms with E-state index in [4.69, 9.17) is 10.2 Å². The molecule has 0 aliphatic carbocycles. The van der Waals surface area contributed by atoms with Gasteiger partial charge >= 0.3 is 0 Å². The lowest BCUT2D eigenvalue weighted by molar-refractivity contribution is -0.113. The van der Waals surface area contributed by atoms with Crippen LogP contribution < -0.4 is 5.73 Å². The fourth-order valence-corrected chi connectivity index (χ4v) is 3.80. The highest BCUT2D eigenvalue weighted by molar-refractivity contribution is 5.61. The van der Waals surface area contributed by atoms with Crippen LogP contribution in [-0.4, -0.2) is 53.8 Å². The third kappa shape index (κ3) is 4.72. The molecule has 0 spiro atoms. The molecule has 1 unspecified atom stereocenters. The molecular formula is C23H26N4O2. The van der Waals surface area contributed by atoms with Crippen LogP contribution in [0.3, 0.4) is 0 Å². The lowest BCUT2D eigenvalue weighted by Crippen LogP contribution is -2.48. The van der Waals surface area contributed by atoms with E-state index in [0.29, 0.717) is 5.82 Å². The molecule has 3 heterocycles. The maximum absolute atomic E-state index is 11.5. The molecule has 1 aliphatic rings. The molecule has 0 bridgehead atoms. The van der Waals surface area contributed by atoms with Gasteiger partial charge in [0.05, 0.1) is 12.0 Å². The van der Waals surface area contributed by atoms with Crippen molar-refractivity contribution in [2.24, 2.45) is 0 Å². The van der Waals surface area contributed by atoms with E-state index < -0.39 is 0 Å². The summed E-state index contributed by atoms with van der Waals surface area (Å²) in [5.41, 5.74) is 9.06. The summed E-state index contributed by atoms with van der Waals surface area (Å²) in [6.07, 6.45) is 3.60. The number of anilines is 1. The average Bonchev–Trinajstić information content (AvgIpc) is 3.29. The first-order chi connectivity index (χ1) is 14.2. The molecule has 1 aromatic carbocycles. The Hall–Kier alpha value is -2.96. The van der Waals surface area contributed by atoms with Crippen LogP contribution in [0.25, 0.3) is 11.3 Å². The molecule has 1 atom stereocenters. The Morgan fingerprint density at radius 3 is 2.48 bits per heavy atom. The van der Waals surface area contributed by atoms with Crippen molar-refractivity contribution in [3.05, 3.63) is 72.2 Å². The minimum atomic E-state index is -0.277. The number of piperazine rings is 1. The fraction of sp³-hybridized carbons (Fsp3) is 0.304.